The maximum absolute atomic E-state index is 5.27. The molecule has 0 unspecified atom stereocenters. The third-order valence-corrected chi connectivity index (χ3v) is 3.20. The van der Waals surface area contributed by atoms with Crippen LogP contribution in [0.5, 0.6) is 0 Å². The van der Waals surface area contributed by atoms with E-state index in [1.165, 1.54) is 5.56 Å². The molecule has 2 aromatic rings. The molecule has 0 aromatic carbocycles. The molecule has 0 fully saturated rings. The van der Waals surface area contributed by atoms with Gasteiger partial charge in [-0.05, 0) is 29.8 Å². The lowest BCUT2D eigenvalue weighted by atomic mass is 10.3. The van der Waals surface area contributed by atoms with Crippen molar-refractivity contribution in [2.24, 2.45) is 0 Å². The zero-order chi connectivity index (χ0) is 11.2. The third-order valence-electron chi connectivity index (χ3n) is 2.17. The first-order valence-electron chi connectivity index (χ1n) is 5.11. The maximum Gasteiger partial charge on any atom is 0.125 e. The molecule has 1 N–H and O–H groups in total. The Labute approximate surface area is 99.3 Å². The summed E-state index contributed by atoms with van der Waals surface area (Å²) in [6, 6.07) is 8.02. The van der Waals surface area contributed by atoms with E-state index in [1.807, 2.05) is 43.2 Å². The number of rotatable bonds is 5. The van der Waals surface area contributed by atoms with Crippen molar-refractivity contribution in [1.82, 2.24) is 4.98 Å². The molecule has 2 aromatic heterocycles. The van der Waals surface area contributed by atoms with Gasteiger partial charge in [0.1, 0.15) is 11.6 Å². The Hall–Kier alpha value is -1.42. The van der Waals surface area contributed by atoms with E-state index in [0.29, 0.717) is 0 Å². The number of nitrogens with one attached hydrogen (secondary N) is 1. The highest BCUT2D eigenvalue weighted by molar-refractivity contribution is 7.97. The quantitative estimate of drug-likeness (QED) is 0.862. The highest BCUT2D eigenvalue weighted by atomic mass is 32.2. The zero-order valence-corrected chi connectivity index (χ0v) is 9.96. The Morgan fingerprint density at radius 3 is 3.06 bits per heavy atom. The maximum atomic E-state index is 5.27. The Morgan fingerprint density at radius 1 is 1.38 bits per heavy atom. The molecule has 0 radical (unpaired) electrons. The SMILES string of the molecule is CNc1cc(CSCc2ccco2)ccn1. The highest BCUT2D eigenvalue weighted by Crippen LogP contribution is 2.18. The molecule has 0 saturated heterocycles. The van der Waals surface area contributed by atoms with E-state index >= 15 is 0 Å². The van der Waals surface area contributed by atoms with Crippen LogP contribution in [-0.4, -0.2) is 12.0 Å². The lowest BCUT2D eigenvalue weighted by Gasteiger charge is -2.03. The molecule has 3 nitrogen and oxygen atoms in total. The van der Waals surface area contributed by atoms with Gasteiger partial charge < -0.3 is 9.73 Å². The molecule has 0 saturated carbocycles. The first kappa shape index (κ1) is 11.1. The van der Waals surface area contributed by atoms with Crippen molar-refractivity contribution < 1.29 is 4.42 Å². The van der Waals surface area contributed by atoms with Gasteiger partial charge in [-0.1, -0.05) is 0 Å². The van der Waals surface area contributed by atoms with Gasteiger partial charge in [0.25, 0.3) is 0 Å². The average molecular weight is 234 g/mol. The molecular weight excluding hydrogens is 220 g/mol. The summed E-state index contributed by atoms with van der Waals surface area (Å²) in [6.45, 7) is 0. The van der Waals surface area contributed by atoms with Gasteiger partial charge in [0.2, 0.25) is 0 Å². The van der Waals surface area contributed by atoms with Crippen LogP contribution in [0.2, 0.25) is 0 Å². The van der Waals surface area contributed by atoms with Crippen molar-refractivity contribution in [3.63, 3.8) is 0 Å². The van der Waals surface area contributed by atoms with Crippen molar-refractivity contribution in [1.29, 1.82) is 0 Å². The van der Waals surface area contributed by atoms with Crippen LogP contribution in [0.15, 0.2) is 41.1 Å². The lowest BCUT2D eigenvalue weighted by Crippen LogP contribution is -1.92. The predicted octanol–water partition coefficient (Wildman–Crippen LogP) is 3.15. The van der Waals surface area contributed by atoms with Gasteiger partial charge in [0.05, 0.1) is 12.0 Å². The molecule has 0 bridgehead atoms. The van der Waals surface area contributed by atoms with Crippen LogP contribution in [0.1, 0.15) is 11.3 Å². The van der Waals surface area contributed by atoms with E-state index in [1.54, 1.807) is 6.26 Å². The van der Waals surface area contributed by atoms with Crippen molar-refractivity contribution in [2.75, 3.05) is 12.4 Å². The third kappa shape index (κ3) is 3.03. The second kappa shape index (κ2) is 5.61. The smallest absolute Gasteiger partial charge is 0.125 e. The minimum atomic E-state index is 0.907. The van der Waals surface area contributed by atoms with E-state index in [9.17, 15) is 0 Å². The summed E-state index contributed by atoms with van der Waals surface area (Å²) in [4.78, 5) is 4.18. The van der Waals surface area contributed by atoms with Crippen LogP contribution in [0.25, 0.3) is 0 Å². The number of anilines is 1. The van der Waals surface area contributed by atoms with Crippen molar-refractivity contribution in [3.05, 3.63) is 48.0 Å². The molecule has 84 valence electrons. The summed E-state index contributed by atoms with van der Waals surface area (Å²) in [5.74, 6) is 3.81. The second-order valence-corrected chi connectivity index (χ2v) is 4.36. The van der Waals surface area contributed by atoms with Gasteiger partial charge in [-0.3, -0.25) is 0 Å². The van der Waals surface area contributed by atoms with E-state index < -0.39 is 0 Å². The topological polar surface area (TPSA) is 38.1 Å². The Bertz CT molecular complexity index is 428. The zero-order valence-electron chi connectivity index (χ0n) is 9.14. The molecule has 4 heteroatoms. The van der Waals surface area contributed by atoms with Gasteiger partial charge >= 0.3 is 0 Å². The molecule has 0 aliphatic carbocycles. The average Bonchev–Trinajstić information content (AvgIpc) is 2.82. The van der Waals surface area contributed by atoms with E-state index in [2.05, 4.69) is 16.4 Å². The molecule has 16 heavy (non-hydrogen) atoms. The number of hydrogen-bond acceptors (Lipinski definition) is 4. The fraction of sp³-hybridized carbons (Fsp3) is 0.250. The second-order valence-electron chi connectivity index (χ2n) is 3.37. The van der Waals surface area contributed by atoms with Crippen LogP contribution in [0.3, 0.4) is 0 Å². The van der Waals surface area contributed by atoms with E-state index in [0.717, 1.165) is 23.1 Å². The first-order chi connectivity index (χ1) is 7.88. The van der Waals surface area contributed by atoms with Crippen LogP contribution < -0.4 is 5.32 Å². The minimum absolute atomic E-state index is 0.907. The molecular formula is C12H14N2OS. The Balaban J connectivity index is 1.85. The minimum Gasteiger partial charge on any atom is -0.468 e. The highest BCUT2D eigenvalue weighted by Gasteiger charge is 1.98. The largest absolute Gasteiger partial charge is 0.468 e. The Kier molecular flexibility index (Phi) is 3.88. The Morgan fingerprint density at radius 2 is 2.31 bits per heavy atom. The molecule has 0 aliphatic rings. The summed E-state index contributed by atoms with van der Waals surface area (Å²) < 4.78 is 5.27. The number of hydrogen-bond donors (Lipinski definition) is 1. The van der Waals surface area contributed by atoms with E-state index in [4.69, 9.17) is 4.42 Å². The van der Waals surface area contributed by atoms with Crippen LogP contribution in [-0.2, 0) is 11.5 Å². The predicted molar refractivity (Wildman–Crippen MR) is 67.5 cm³/mol. The van der Waals surface area contributed by atoms with Crippen LogP contribution in [0, 0.1) is 0 Å². The number of aromatic nitrogens is 1. The van der Waals surface area contributed by atoms with Gasteiger partial charge in [-0.15, -0.1) is 11.8 Å². The summed E-state index contributed by atoms with van der Waals surface area (Å²) in [5.41, 5.74) is 1.27. The summed E-state index contributed by atoms with van der Waals surface area (Å²) in [7, 11) is 1.88. The standard InChI is InChI=1S/C12H14N2OS/c1-13-12-7-10(4-5-14-12)8-16-9-11-3-2-6-15-11/h2-7H,8-9H2,1H3,(H,13,14). The van der Waals surface area contributed by atoms with Gasteiger partial charge in [-0.2, -0.15) is 0 Å². The normalized spacial score (nSPS) is 10.3. The monoisotopic (exact) mass is 234 g/mol. The number of nitrogens with zero attached hydrogens (tertiary/aromatic N) is 1. The lowest BCUT2D eigenvalue weighted by molar-refractivity contribution is 0.530. The van der Waals surface area contributed by atoms with Crippen LogP contribution in [0.4, 0.5) is 5.82 Å². The molecule has 0 spiro atoms. The number of furan rings is 1. The van der Waals surface area contributed by atoms with Crippen molar-refractivity contribution >= 4 is 17.6 Å². The van der Waals surface area contributed by atoms with E-state index in [-0.39, 0.29) is 0 Å². The summed E-state index contributed by atoms with van der Waals surface area (Å²) >= 11 is 1.83. The molecule has 0 atom stereocenters. The van der Waals surface area contributed by atoms with Crippen molar-refractivity contribution in [3.8, 4) is 0 Å². The van der Waals surface area contributed by atoms with Crippen LogP contribution >= 0.6 is 11.8 Å². The molecule has 0 aliphatic heterocycles. The van der Waals surface area contributed by atoms with Gasteiger partial charge in [-0.25, -0.2) is 4.98 Å². The summed E-state index contributed by atoms with van der Waals surface area (Å²) in [5, 5.41) is 3.03. The first-order valence-corrected chi connectivity index (χ1v) is 6.27. The summed E-state index contributed by atoms with van der Waals surface area (Å²) in [6.07, 6.45) is 3.54. The molecule has 2 rings (SSSR count). The van der Waals surface area contributed by atoms with Gasteiger partial charge in [0.15, 0.2) is 0 Å². The molecule has 2 heterocycles. The fourth-order valence-electron chi connectivity index (χ4n) is 1.36. The fourth-order valence-corrected chi connectivity index (χ4v) is 2.25. The number of thioether (sulfide) groups is 1. The van der Waals surface area contributed by atoms with Gasteiger partial charge in [0, 0.05) is 19.0 Å². The number of pyridine rings is 1. The molecule has 0 amide bonds. The van der Waals surface area contributed by atoms with Crippen molar-refractivity contribution in [2.45, 2.75) is 11.5 Å².